The number of carbonyl (C=O) groups is 2. The van der Waals surface area contributed by atoms with E-state index >= 15 is 0 Å². The molecule has 1 aliphatic carbocycles. The normalized spacial score (nSPS) is 19.5. The van der Waals surface area contributed by atoms with Gasteiger partial charge >= 0.3 is 0 Å². The quantitative estimate of drug-likeness (QED) is 0.452. The van der Waals surface area contributed by atoms with Crippen LogP contribution in [0.5, 0.6) is 0 Å². The van der Waals surface area contributed by atoms with Crippen LogP contribution in [0.1, 0.15) is 21.8 Å². The van der Waals surface area contributed by atoms with E-state index < -0.39 is 41.0 Å². The lowest BCUT2D eigenvalue weighted by Gasteiger charge is -2.10. The lowest BCUT2D eigenvalue weighted by Crippen LogP contribution is -2.28. The van der Waals surface area contributed by atoms with E-state index in [0.717, 1.165) is 0 Å². The van der Waals surface area contributed by atoms with Gasteiger partial charge in [0, 0.05) is 21.7 Å². The molecule has 2 amide bonds. The Kier molecular flexibility index (Phi) is 7.04. The Morgan fingerprint density at radius 2 is 1.67 bits per heavy atom. The van der Waals surface area contributed by atoms with E-state index in [0.29, 0.717) is 15.6 Å². The maximum atomic E-state index is 12.7. The number of alkyl halides is 4. The summed E-state index contributed by atoms with van der Waals surface area (Å²) < 4.78 is 23.3. The number of hydrogen-bond donors (Lipinski definition) is 2. The molecular weight excluding hydrogens is 503 g/mol. The molecule has 11 heteroatoms. The molecule has 0 aromatic heterocycles. The predicted octanol–water partition coefficient (Wildman–Crippen LogP) is 6.17. The molecule has 0 aliphatic heterocycles. The van der Waals surface area contributed by atoms with Gasteiger partial charge in [0.25, 0.3) is 12.3 Å². The summed E-state index contributed by atoms with van der Waals surface area (Å²) in [6.07, 6.45) is -2.71. The van der Waals surface area contributed by atoms with Gasteiger partial charge in [-0.25, -0.2) is 8.78 Å². The summed E-state index contributed by atoms with van der Waals surface area (Å²) in [7, 11) is 0. The van der Waals surface area contributed by atoms with Crippen molar-refractivity contribution in [3.05, 3.63) is 62.6 Å². The molecule has 160 valence electrons. The first-order valence-corrected chi connectivity index (χ1v) is 10.4. The second-order valence-corrected chi connectivity index (χ2v) is 9.34. The number of anilines is 1. The highest BCUT2D eigenvalue weighted by atomic mass is 35.5. The van der Waals surface area contributed by atoms with Gasteiger partial charge in [0.15, 0.2) is 0 Å². The Balaban J connectivity index is 1.76. The van der Waals surface area contributed by atoms with Crippen LogP contribution >= 0.6 is 58.0 Å². The fraction of sp³-hybridized carbons (Fsp3) is 0.263. The molecule has 2 aromatic rings. The van der Waals surface area contributed by atoms with Crippen LogP contribution in [0, 0.1) is 5.92 Å². The lowest BCUT2D eigenvalue weighted by atomic mass is 10.1. The number of amides is 2. The topological polar surface area (TPSA) is 58.2 Å². The molecule has 1 fully saturated rings. The molecule has 3 rings (SSSR count). The largest absolute Gasteiger partial charge is 0.346 e. The summed E-state index contributed by atoms with van der Waals surface area (Å²) in [5.74, 6) is -2.64. The van der Waals surface area contributed by atoms with Gasteiger partial charge in [-0.05, 0) is 42.0 Å². The van der Waals surface area contributed by atoms with Crippen molar-refractivity contribution in [1.82, 2.24) is 5.32 Å². The van der Waals surface area contributed by atoms with E-state index in [2.05, 4.69) is 10.6 Å². The second kappa shape index (κ2) is 9.05. The highest BCUT2D eigenvalue weighted by Gasteiger charge is 2.67. The minimum absolute atomic E-state index is 0.0432. The van der Waals surface area contributed by atoms with Crippen LogP contribution in [0.3, 0.4) is 0 Å². The molecule has 4 nitrogen and oxygen atoms in total. The van der Waals surface area contributed by atoms with E-state index in [9.17, 15) is 18.4 Å². The molecule has 0 spiro atoms. The SMILES string of the molecule is O=C(NCC(F)F)c1cc(NC(=O)C2C(c3cc(Cl)cc(Cl)c3)C2(Cl)Cl)ccc1Cl. The first-order chi connectivity index (χ1) is 14.0. The zero-order valence-corrected chi connectivity index (χ0v) is 18.6. The summed E-state index contributed by atoms with van der Waals surface area (Å²) in [5, 5.41) is 5.47. The Morgan fingerprint density at radius 3 is 2.27 bits per heavy atom. The van der Waals surface area contributed by atoms with Crippen LogP contribution in [0.4, 0.5) is 14.5 Å². The minimum atomic E-state index is -2.71. The summed E-state index contributed by atoms with van der Waals surface area (Å²) in [4.78, 5) is 24.8. The number of benzene rings is 2. The molecule has 30 heavy (non-hydrogen) atoms. The Bertz CT molecular complexity index is 983. The van der Waals surface area contributed by atoms with Gasteiger partial charge in [-0.1, -0.05) is 34.8 Å². The van der Waals surface area contributed by atoms with Gasteiger partial charge in [-0.15, -0.1) is 23.2 Å². The maximum absolute atomic E-state index is 12.7. The van der Waals surface area contributed by atoms with E-state index in [4.69, 9.17) is 58.0 Å². The summed E-state index contributed by atoms with van der Waals surface area (Å²) in [5.41, 5.74) is 0.776. The maximum Gasteiger partial charge on any atom is 0.255 e. The minimum Gasteiger partial charge on any atom is -0.346 e. The molecule has 0 radical (unpaired) electrons. The molecular formula is C19H13Cl5F2N2O2. The standard InChI is InChI=1S/C19H13Cl5F2N2O2/c20-9-3-8(4-10(21)5-9)15-16(19(15,23)24)18(30)28-11-1-2-13(22)12(6-11)17(29)27-7-14(25)26/h1-6,14-16H,7H2,(H,27,29)(H,28,30). The molecule has 2 atom stereocenters. The van der Waals surface area contributed by atoms with Crippen molar-refractivity contribution in [2.45, 2.75) is 16.7 Å². The van der Waals surface area contributed by atoms with Gasteiger partial charge in [0.1, 0.15) is 4.33 Å². The van der Waals surface area contributed by atoms with Crippen molar-refractivity contribution in [2.75, 3.05) is 11.9 Å². The van der Waals surface area contributed by atoms with E-state index in [-0.39, 0.29) is 16.3 Å². The molecule has 0 bridgehead atoms. The molecule has 2 N–H and O–H groups in total. The van der Waals surface area contributed by atoms with Crippen molar-refractivity contribution in [3.8, 4) is 0 Å². The Morgan fingerprint density at radius 1 is 1.03 bits per heavy atom. The van der Waals surface area contributed by atoms with Crippen LogP contribution in [-0.2, 0) is 4.79 Å². The zero-order valence-electron chi connectivity index (χ0n) is 14.9. The third-order valence-corrected chi connectivity index (χ3v) is 6.18. The highest BCUT2D eigenvalue weighted by Crippen LogP contribution is 2.65. The Labute approximate surface area is 195 Å². The van der Waals surface area contributed by atoms with Gasteiger partial charge in [0.05, 0.1) is 23.0 Å². The van der Waals surface area contributed by atoms with Crippen LogP contribution in [0.15, 0.2) is 36.4 Å². The first-order valence-electron chi connectivity index (χ1n) is 8.51. The van der Waals surface area contributed by atoms with Gasteiger partial charge in [-0.3, -0.25) is 9.59 Å². The number of rotatable bonds is 6. The average molecular weight is 517 g/mol. The highest BCUT2D eigenvalue weighted by molar-refractivity contribution is 6.53. The fourth-order valence-electron chi connectivity index (χ4n) is 3.08. The Hall–Kier alpha value is -1.31. The molecule has 2 aromatic carbocycles. The number of halogens is 7. The van der Waals surface area contributed by atoms with E-state index in [1.165, 1.54) is 18.2 Å². The lowest BCUT2D eigenvalue weighted by molar-refractivity contribution is -0.117. The molecule has 0 saturated heterocycles. The smallest absolute Gasteiger partial charge is 0.255 e. The van der Waals surface area contributed by atoms with Crippen LogP contribution in [0.2, 0.25) is 15.1 Å². The van der Waals surface area contributed by atoms with Crippen LogP contribution < -0.4 is 10.6 Å². The van der Waals surface area contributed by atoms with E-state index in [1.807, 2.05) is 0 Å². The van der Waals surface area contributed by atoms with Crippen LogP contribution in [0.25, 0.3) is 0 Å². The van der Waals surface area contributed by atoms with Gasteiger partial charge in [0.2, 0.25) is 5.91 Å². The summed E-state index contributed by atoms with van der Waals surface area (Å²) >= 11 is 30.6. The van der Waals surface area contributed by atoms with Crippen molar-refractivity contribution >= 4 is 75.5 Å². The van der Waals surface area contributed by atoms with Crippen molar-refractivity contribution in [1.29, 1.82) is 0 Å². The monoisotopic (exact) mass is 514 g/mol. The third kappa shape index (κ3) is 5.11. The molecule has 1 saturated carbocycles. The number of nitrogens with one attached hydrogen (secondary N) is 2. The van der Waals surface area contributed by atoms with Crippen molar-refractivity contribution in [3.63, 3.8) is 0 Å². The molecule has 2 unspecified atom stereocenters. The van der Waals surface area contributed by atoms with Crippen molar-refractivity contribution in [2.24, 2.45) is 5.92 Å². The molecule has 0 heterocycles. The summed E-state index contributed by atoms with van der Waals surface area (Å²) in [6, 6.07) is 8.89. The number of hydrogen-bond acceptors (Lipinski definition) is 2. The third-order valence-electron chi connectivity index (χ3n) is 4.48. The number of carbonyl (C=O) groups excluding carboxylic acids is 2. The van der Waals surface area contributed by atoms with Crippen LogP contribution in [-0.4, -0.2) is 29.1 Å². The average Bonchev–Trinajstić information content (AvgIpc) is 3.22. The second-order valence-electron chi connectivity index (χ2n) is 6.62. The van der Waals surface area contributed by atoms with E-state index in [1.54, 1.807) is 18.2 Å². The zero-order chi connectivity index (χ0) is 22.2. The fourth-order valence-corrected chi connectivity index (χ4v) is 4.66. The summed E-state index contributed by atoms with van der Waals surface area (Å²) in [6.45, 7) is -0.821. The predicted molar refractivity (Wildman–Crippen MR) is 116 cm³/mol. The van der Waals surface area contributed by atoms with Crippen molar-refractivity contribution < 1.29 is 18.4 Å². The van der Waals surface area contributed by atoms with Gasteiger partial charge < -0.3 is 10.6 Å². The van der Waals surface area contributed by atoms with Gasteiger partial charge in [-0.2, -0.15) is 0 Å². The molecule has 1 aliphatic rings. The first kappa shape index (κ1) is 23.4.